The van der Waals surface area contributed by atoms with Crippen LogP contribution in [0.2, 0.25) is 5.02 Å². The number of piperidine rings is 1. The van der Waals surface area contributed by atoms with Gasteiger partial charge in [-0.15, -0.1) is 11.3 Å². The minimum absolute atomic E-state index is 0.210. The van der Waals surface area contributed by atoms with Crippen LogP contribution in [0.1, 0.15) is 17.7 Å². The number of halogens is 1. The molecule has 0 spiro atoms. The van der Waals surface area contributed by atoms with E-state index in [-0.39, 0.29) is 17.9 Å². The number of thiophene rings is 1. The summed E-state index contributed by atoms with van der Waals surface area (Å²) in [4.78, 5) is 33.3. The molecule has 30 heavy (non-hydrogen) atoms. The van der Waals surface area contributed by atoms with Gasteiger partial charge in [0.25, 0.3) is 11.8 Å². The smallest absolute Gasteiger partial charge is 0.282 e. The average molecular weight is 446 g/mol. The second-order valence-corrected chi connectivity index (χ2v) is 8.97. The van der Waals surface area contributed by atoms with Crippen molar-refractivity contribution < 1.29 is 14.3 Å². The Labute approximate surface area is 185 Å². The molecule has 158 valence electrons. The number of imide groups is 1. The third-order valence-corrected chi connectivity index (χ3v) is 6.99. The van der Waals surface area contributed by atoms with Crippen molar-refractivity contribution in [3.8, 4) is 5.75 Å². The number of likely N-dealkylation sites (N-methyl/N-ethyl adjacent to an activating group) is 1. The van der Waals surface area contributed by atoms with Gasteiger partial charge in [0.05, 0.1) is 23.4 Å². The van der Waals surface area contributed by atoms with Gasteiger partial charge in [-0.05, 0) is 62.6 Å². The molecule has 0 atom stereocenters. The van der Waals surface area contributed by atoms with Crippen LogP contribution in [0.15, 0.2) is 41.4 Å². The van der Waals surface area contributed by atoms with Crippen molar-refractivity contribution in [1.29, 1.82) is 0 Å². The van der Waals surface area contributed by atoms with Crippen molar-refractivity contribution >= 4 is 46.0 Å². The highest BCUT2D eigenvalue weighted by molar-refractivity contribution is 7.11. The maximum absolute atomic E-state index is 13.6. The summed E-state index contributed by atoms with van der Waals surface area (Å²) in [5.74, 6) is -0.140. The van der Waals surface area contributed by atoms with Gasteiger partial charge in [-0.1, -0.05) is 17.7 Å². The number of hydrogen-bond donors (Lipinski definition) is 0. The Morgan fingerprint density at radius 2 is 1.90 bits per heavy atom. The normalized spacial score (nSPS) is 18.5. The van der Waals surface area contributed by atoms with E-state index in [1.807, 2.05) is 29.5 Å². The minimum Gasteiger partial charge on any atom is -0.495 e. The maximum atomic E-state index is 13.6. The summed E-state index contributed by atoms with van der Waals surface area (Å²) in [7, 11) is 5.55. The van der Waals surface area contributed by atoms with Crippen LogP contribution in [0.3, 0.4) is 0 Å². The summed E-state index contributed by atoms with van der Waals surface area (Å²) in [6.07, 6.45) is 1.90. The maximum Gasteiger partial charge on any atom is 0.282 e. The number of rotatable bonds is 5. The Hall–Kier alpha value is -2.35. The summed E-state index contributed by atoms with van der Waals surface area (Å²) in [5, 5.41) is 2.27. The van der Waals surface area contributed by atoms with Crippen LogP contribution in [-0.2, 0) is 9.59 Å². The molecule has 1 aromatic heterocycles. The number of ether oxygens (including phenoxy) is 1. The second kappa shape index (κ2) is 8.41. The van der Waals surface area contributed by atoms with Crippen molar-refractivity contribution in [1.82, 2.24) is 9.80 Å². The van der Waals surface area contributed by atoms with Crippen LogP contribution in [-0.4, -0.2) is 62.0 Å². The molecule has 3 heterocycles. The molecule has 0 radical (unpaired) electrons. The van der Waals surface area contributed by atoms with Crippen molar-refractivity contribution in [3.63, 3.8) is 0 Å². The number of amides is 2. The number of carbonyl (C=O) groups excluding carboxylic acids is 2. The van der Waals surface area contributed by atoms with E-state index in [0.29, 0.717) is 27.7 Å². The molecule has 0 N–H and O–H groups in total. The molecule has 0 bridgehead atoms. The fourth-order valence-electron chi connectivity index (χ4n) is 4.08. The molecule has 0 saturated carbocycles. The van der Waals surface area contributed by atoms with E-state index in [0.717, 1.165) is 30.8 Å². The SMILES string of the molecule is COc1ccc(N2C(=O)C(c3cccs3)=C(N(C)C3CCN(C)CC3)C2=O)cc1Cl. The molecule has 8 heteroatoms. The predicted octanol–water partition coefficient (Wildman–Crippen LogP) is 3.72. The zero-order valence-electron chi connectivity index (χ0n) is 17.2. The highest BCUT2D eigenvalue weighted by Gasteiger charge is 2.43. The second-order valence-electron chi connectivity index (χ2n) is 7.61. The van der Waals surface area contributed by atoms with Gasteiger partial charge in [-0.3, -0.25) is 9.59 Å². The summed E-state index contributed by atoms with van der Waals surface area (Å²) in [6, 6.07) is 8.94. The van der Waals surface area contributed by atoms with Gasteiger partial charge < -0.3 is 14.5 Å². The predicted molar refractivity (Wildman–Crippen MR) is 120 cm³/mol. The number of anilines is 1. The standard InChI is InChI=1S/C22H24ClN3O3S/c1-24-10-8-14(9-11-24)25(2)20-19(18-5-4-12-30-18)21(27)26(22(20)28)15-6-7-17(29-3)16(23)13-15/h4-7,12-14H,8-11H2,1-3H3. The van der Waals surface area contributed by atoms with Crippen LogP contribution >= 0.6 is 22.9 Å². The molecule has 1 fully saturated rings. The molecular weight excluding hydrogens is 422 g/mol. The number of hydrogen-bond acceptors (Lipinski definition) is 6. The molecule has 1 aromatic carbocycles. The van der Waals surface area contributed by atoms with Crippen molar-refractivity contribution in [2.45, 2.75) is 18.9 Å². The first-order valence-corrected chi connectivity index (χ1v) is 11.1. The lowest BCUT2D eigenvalue weighted by Crippen LogP contribution is -2.43. The zero-order valence-corrected chi connectivity index (χ0v) is 18.8. The van der Waals surface area contributed by atoms with Crippen LogP contribution < -0.4 is 9.64 Å². The first-order valence-electron chi connectivity index (χ1n) is 9.84. The molecule has 2 aliphatic rings. The van der Waals surface area contributed by atoms with E-state index in [1.54, 1.807) is 18.2 Å². The monoisotopic (exact) mass is 445 g/mol. The third kappa shape index (κ3) is 3.62. The van der Waals surface area contributed by atoms with Gasteiger partial charge in [0.15, 0.2) is 0 Å². The van der Waals surface area contributed by atoms with E-state index in [4.69, 9.17) is 16.3 Å². The fraction of sp³-hybridized carbons (Fsp3) is 0.364. The lowest BCUT2D eigenvalue weighted by atomic mass is 10.0. The van der Waals surface area contributed by atoms with E-state index in [2.05, 4.69) is 11.9 Å². The average Bonchev–Trinajstić information content (AvgIpc) is 3.34. The third-order valence-electron chi connectivity index (χ3n) is 5.81. The van der Waals surface area contributed by atoms with Crippen LogP contribution in [0.5, 0.6) is 5.75 Å². The number of carbonyl (C=O) groups is 2. The number of benzene rings is 1. The Morgan fingerprint density at radius 1 is 1.17 bits per heavy atom. The molecule has 2 aromatic rings. The molecular formula is C22H24ClN3O3S. The lowest BCUT2D eigenvalue weighted by molar-refractivity contribution is -0.120. The molecule has 4 rings (SSSR count). The molecule has 6 nitrogen and oxygen atoms in total. The summed E-state index contributed by atoms with van der Waals surface area (Å²) < 4.78 is 5.20. The number of nitrogens with zero attached hydrogens (tertiary/aromatic N) is 3. The van der Waals surface area contributed by atoms with E-state index < -0.39 is 0 Å². The summed E-state index contributed by atoms with van der Waals surface area (Å²) >= 11 is 7.73. The molecule has 0 aliphatic carbocycles. The molecule has 0 unspecified atom stereocenters. The van der Waals surface area contributed by atoms with Crippen molar-refractivity contribution in [2.24, 2.45) is 0 Å². The van der Waals surface area contributed by atoms with Crippen molar-refractivity contribution in [3.05, 3.63) is 51.3 Å². The van der Waals surface area contributed by atoms with E-state index >= 15 is 0 Å². The van der Waals surface area contributed by atoms with Crippen LogP contribution in [0, 0.1) is 0 Å². The van der Waals surface area contributed by atoms with Crippen molar-refractivity contribution in [2.75, 3.05) is 39.2 Å². The lowest BCUT2D eigenvalue weighted by Gasteiger charge is -2.36. The largest absolute Gasteiger partial charge is 0.495 e. The van der Waals surface area contributed by atoms with Gasteiger partial charge in [0, 0.05) is 18.0 Å². The van der Waals surface area contributed by atoms with Gasteiger partial charge in [-0.25, -0.2) is 4.90 Å². The topological polar surface area (TPSA) is 53.1 Å². The Morgan fingerprint density at radius 3 is 2.50 bits per heavy atom. The highest BCUT2D eigenvalue weighted by atomic mass is 35.5. The highest BCUT2D eigenvalue weighted by Crippen LogP contribution is 2.39. The van der Waals surface area contributed by atoms with Gasteiger partial charge in [0.1, 0.15) is 11.4 Å². The van der Waals surface area contributed by atoms with Crippen LogP contribution in [0.25, 0.3) is 5.57 Å². The Balaban J connectivity index is 1.74. The summed E-state index contributed by atoms with van der Waals surface area (Å²) in [6.45, 7) is 1.94. The first-order chi connectivity index (χ1) is 14.4. The molecule has 2 aliphatic heterocycles. The van der Waals surface area contributed by atoms with E-state index in [9.17, 15) is 9.59 Å². The van der Waals surface area contributed by atoms with Crippen LogP contribution in [0.4, 0.5) is 5.69 Å². The Bertz CT molecular complexity index is 997. The minimum atomic E-state index is -0.321. The molecule has 2 amide bonds. The van der Waals surface area contributed by atoms with Gasteiger partial charge in [0.2, 0.25) is 0 Å². The molecule has 1 saturated heterocycles. The van der Waals surface area contributed by atoms with Gasteiger partial charge >= 0.3 is 0 Å². The Kier molecular flexibility index (Phi) is 5.86. The fourth-order valence-corrected chi connectivity index (χ4v) is 5.10. The van der Waals surface area contributed by atoms with Gasteiger partial charge in [-0.2, -0.15) is 0 Å². The number of likely N-dealkylation sites (tertiary alicyclic amines) is 1. The zero-order chi connectivity index (χ0) is 21.4. The first kappa shape index (κ1) is 20.9. The summed E-state index contributed by atoms with van der Waals surface area (Å²) in [5.41, 5.74) is 1.36. The van der Waals surface area contributed by atoms with E-state index in [1.165, 1.54) is 23.3 Å². The quantitative estimate of drug-likeness (QED) is 0.656. The number of methoxy groups -OCH3 is 1.